The Morgan fingerprint density at radius 3 is 2.00 bits per heavy atom. The third-order valence-electron chi connectivity index (χ3n) is 2.88. The van der Waals surface area contributed by atoms with E-state index in [4.69, 9.17) is 5.11 Å². The van der Waals surface area contributed by atoms with E-state index in [2.05, 4.69) is 9.47 Å². The number of rotatable bonds is 6. The Labute approximate surface area is 122 Å². The lowest BCUT2D eigenvalue weighted by atomic mass is 9.98. The quantitative estimate of drug-likeness (QED) is 0.764. The van der Waals surface area contributed by atoms with E-state index in [0.29, 0.717) is 5.39 Å². The summed E-state index contributed by atoms with van der Waals surface area (Å²) in [6.07, 6.45) is 0. The van der Waals surface area contributed by atoms with Crippen molar-refractivity contribution >= 4 is 35.7 Å². The molecular weight excluding hydrogens is 296 g/mol. The van der Waals surface area contributed by atoms with Gasteiger partial charge in [-0.05, 0) is 23.6 Å². The lowest BCUT2D eigenvalue weighted by Crippen LogP contribution is -2.09. The monoisotopic (exact) mass is 304 g/mol. The van der Waals surface area contributed by atoms with Crippen LogP contribution in [0.25, 0.3) is 10.8 Å². The maximum absolute atomic E-state index is 11.4. The van der Waals surface area contributed by atoms with Gasteiger partial charge in [0.05, 0.1) is 11.1 Å². The molecule has 112 valence electrons. The molecule has 0 bridgehead atoms. The number of carbonyl (C=O) groups is 4. The zero-order valence-corrected chi connectivity index (χ0v) is 10.8. The number of hydrogen-bond acceptors (Lipinski definition) is 6. The molecule has 8 nitrogen and oxygen atoms in total. The maximum atomic E-state index is 11.4. The second-order valence-electron chi connectivity index (χ2n) is 4.05. The van der Waals surface area contributed by atoms with Gasteiger partial charge in [0.2, 0.25) is 0 Å². The Balaban J connectivity index is 2.85. The van der Waals surface area contributed by atoms with Gasteiger partial charge in [0.25, 0.3) is 12.9 Å². The highest BCUT2D eigenvalue weighted by Gasteiger charge is 2.21. The molecule has 0 saturated carbocycles. The van der Waals surface area contributed by atoms with E-state index in [9.17, 15) is 24.3 Å². The highest BCUT2D eigenvalue weighted by molar-refractivity contribution is 6.12. The van der Waals surface area contributed by atoms with Crippen molar-refractivity contribution in [3.8, 4) is 11.5 Å². The zero-order chi connectivity index (χ0) is 16.3. The van der Waals surface area contributed by atoms with Gasteiger partial charge >= 0.3 is 11.9 Å². The molecule has 2 aromatic rings. The number of hydrogen-bond donors (Lipinski definition) is 2. The number of aromatic carboxylic acids is 2. The van der Waals surface area contributed by atoms with Crippen LogP contribution in [0.2, 0.25) is 0 Å². The average Bonchev–Trinajstić information content (AvgIpc) is 2.46. The van der Waals surface area contributed by atoms with Crippen molar-refractivity contribution in [1.82, 2.24) is 0 Å². The van der Waals surface area contributed by atoms with Crippen molar-refractivity contribution < 1.29 is 38.9 Å². The molecule has 2 N–H and O–H groups in total. The summed E-state index contributed by atoms with van der Waals surface area (Å²) in [5.74, 6) is -3.18. The predicted octanol–water partition coefficient (Wildman–Crippen LogP) is 1.31. The number of ether oxygens (including phenoxy) is 2. The van der Waals surface area contributed by atoms with Crippen LogP contribution in [0.5, 0.6) is 11.5 Å². The minimum absolute atomic E-state index is 0.0301. The van der Waals surface area contributed by atoms with E-state index in [1.54, 1.807) is 0 Å². The molecule has 8 heteroatoms. The minimum Gasteiger partial charge on any atom is -0.478 e. The van der Waals surface area contributed by atoms with Gasteiger partial charge in [-0.2, -0.15) is 0 Å². The molecule has 2 aromatic carbocycles. The van der Waals surface area contributed by atoms with E-state index in [-0.39, 0.29) is 29.8 Å². The lowest BCUT2D eigenvalue weighted by molar-refractivity contribution is -0.123. The predicted molar refractivity (Wildman–Crippen MR) is 71.3 cm³/mol. The SMILES string of the molecule is O=COc1cc2ccc(C(=O)O)c(C(=O)O)c2cc1OC=O. The van der Waals surface area contributed by atoms with Crippen LogP contribution in [0.1, 0.15) is 20.7 Å². The molecule has 0 aliphatic heterocycles. The van der Waals surface area contributed by atoms with Crippen molar-refractivity contribution in [1.29, 1.82) is 0 Å². The van der Waals surface area contributed by atoms with Crippen LogP contribution in [0.3, 0.4) is 0 Å². The normalized spacial score (nSPS) is 10.0. The highest BCUT2D eigenvalue weighted by Crippen LogP contribution is 2.34. The van der Waals surface area contributed by atoms with Gasteiger partial charge in [0.1, 0.15) is 0 Å². The topological polar surface area (TPSA) is 127 Å². The standard InChI is InChI=1S/C14H8O8/c15-5-21-10-3-7-1-2-8(13(17)18)12(14(19)20)9(7)4-11(10)22-6-16/h1-6H,(H,17,18)(H,19,20). The summed E-state index contributed by atoms with van der Waals surface area (Å²) in [6.45, 7) is 0.183. The second kappa shape index (κ2) is 5.92. The van der Waals surface area contributed by atoms with E-state index in [0.717, 1.165) is 12.1 Å². The fourth-order valence-electron chi connectivity index (χ4n) is 2.03. The number of fused-ring (bicyclic) bond motifs is 1. The van der Waals surface area contributed by atoms with Gasteiger partial charge in [-0.3, -0.25) is 9.59 Å². The Morgan fingerprint density at radius 2 is 1.50 bits per heavy atom. The Morgan fingerprint density at radius 1 is 0.909 bits per heavy atom. The molecule has 0 amide bonds. The molecule has 0 aliphatic carbocycles. The zero-order valence-electron chi connectivity index (χ0n) is 10.8. The summed E-state index contributed by atoms with van der Waals surface area (Å²) >= 11 is 0. The molecule has 2 rings (SSSR count). The Kier molecular flexibility index (Phi) is 4.03. The first-order valence-electron chi connectivity index (χ1n) is 5.77. The molecule has 0 saturated heterocycles. The van der Waals surface area contributed by atoms with Crippen LogP contribution >= 0.6 is 0 Å². The summed E-state index contributed by atoms with van der Waals surface area (Å²) < 4.78 is 9.28. The van der Waals surface area contributed by atoms with Crippen molar-refractivity contribution in [2.75, 3.05) is 0 Å². The van der Waals surface area contributed by atoms with Crippen molar-refractivity contribution in [2.45, 2.75) is 0 Å². The van der Waals surface area contributed by atoms with Crippen molar-refractivity contribution in [2.24, 2.45) is 0 Å². The molecule has 22 heavy (non-hydrogen) atoms. The maximum Gasteiger partial charge on any atom is 0.337 e. The van der Waals surface area contributed by atoms with Gasteiger partial charge in [-0.1, -0.05) is 6.07 Å². The van der Waals surface area contributed by atoms with Crippen LogP contribution < -0.4 is 9.47 Å². The van der Waals surface area contributed by atoms with Gasteiger partial charge in [0, 0.05) is 5.39 Å². The summed E-state index contributed by atoms with van der Waals surface area (Å²) in [5, 5.41) is 18.6. The summed E-state index contributed by atoms with van der Waals surface area (Å²) in [4.78, 5) is 43.4. The minimum atomic E-state index is -1.45. The fourth-order valence-corrected chi connectivity index (χ4v) is 2.03. The molecule has 0 aliphatic rings. The molecule has 0 fully saturated rings. The van der Waals surface area contributed by atoms with Gasteiger partial charge in [-0.15, -0.1) is 0 Å². The first-order valence-corrected chi connectivity index (χ1v) is 5.77. The van der Waals surface area contributed by atoms with Crippen molar-refractivity contribution in [3.63, 3.8) is 0 Å². The lowest BCUT2D eigenvalue weighted by Gasteiger charge is -2.10. The van der Waals surface area contributed by atoms with E-state index >= 15 is 0 Å². The molecular formula is C14H8O8. The smallest absolute Gasteiger partial charge is 0.337 e. The van der Waals surface area contributed by atoms with Crippen molar-refractivity contribution in [3.05, 3.63) is 35.4 Å². The van der Waals surface area contributed by atoms with Crippen LogP contribution in [-0.2, 0) is 9.59 Å². The summed E-state index contributed by atoms with van der Waals surface area (Å²) in [6, 6.07) is 4.87. The number of carboxylic acids is 2. The third-order valence-corrected chi connectivity index (χ3v) is 2.88. The third kappa shape index (κ3) is 2.57. The fraction of sp³-hybridized carbons (Fsp3) is 0. The van der Waals surface area contributed by atoms with Gasteiger partial charge in [0.15, 0.2) is 11.5 Å². The van der Waals surface area contributed by atoms with Crippen LogP contribution in [0.4, 0.5) is 0 Å². The molecule has 0 heterocycles. The molecule has 0 spiro atoms. The largest absolute Gasteiger partial charge is 0.478 e. The van der Waals surface area contributed by atoms with Gasteiger partial charge < -0.3 is 19.7 Å². The number of carboxylic acid groups (broad SMARTS) is 2. The second-order valence-corrected chi connectivity index (χ2v) is 4.05. The first kappa shape index (κ1) is 15.0. The molecule has 0 aromatic heterocycles. The van der Waals surface area contributed by atoms with E-state index in [1.165, 1.54) is 12.1 Å². The summed E-state index contributed by atoms with van der Waals surface area (Å²) in [7, 11) is 0. The van der Waals surface area contributed by atoms with E-state index in [1.807, 2.05) is 0 Å². The molecule has 0 unspecified atom stereocenters. The van der Waals surface area contributed by atoms with Gasteiger partial charge in [-0.25, -0.2) is 9.59 Å². The number of carbonyl (C=O) groups excluding carboxylic acids is 2. The van der Waals surface area contributed by atoms with E-state index < -0.39 is 23.1 Å². The Hall–Kier alpha value is -3.42. The van der Waals surface area contributed by atoms with Crippen LogP contribution in [0.15, 0.2) is 24.3 Å². The first-order chi connectivity index (χ1) is 10.5. The van der Waals surface area contributed by atoms with Crippen LogP contribution in [0, 0.1) is 0 Å². The Bertz CT molecular complexity index is 793. The van der Waals surface area contributed by atoms with Crippen LogP contribution in [-0.4, -0.2) is 35.1 Å². The number of benzene rings is 2. The molecule has 0 atom stereocenters. The highest BCUT2D eigenvalue weighted by atomic mass is 16.6. The summed E-state index contributed by atoms with van der Waals surface area (Å²) in [5.41, 5.74) is -0.875. The molecule has 0 radical (unpaired) electrons. The average molecular weight is 304 g/mol.